The smallest absolute Gasteiger partial charge is 0.125 e. The van der Waals surface area contributed by atoms with Gasteiger partial charge in [-0.15, -0.1) is 0 Å². The largest absolute Gasteiger partial charge is 0.493 e. The summed E-state index contributed by atoms with van der Waals surface area (Å²) in [5.74, 6) is 1.80. The summed E-state index contributed by atoms with van der Waals surface area (Å²) in [6.07, 6.45) is 6.38. The molecular formula is C24H37Cl2NO3. The summed E-state index contributed by atoms with van der Waals surface area (Å²) in [5, 5.41) is 4.20. The van der Waals surface area contributed by atoms with E-state index in [-0.39, 0.29) is 9.91 Å². The fourth-order valence-corrected chi connectivity index (χ4v) is 2.74. The molecule has 0 saturated heterocycles. The number of benzene rings is 1. The number of oxime groups is 1. The number of aryl methyl sites for hydroxylation is 2. The fourth-order valence-electron chi connectivity index (χ4n) is 2.62. The Kier molecular flexibility index (Phi) is 12.3. The van der Waals surface area contributed by atoms with Gasteiger partial charge in [-0.25, -0.2) is 0 Å². The molecule has 0 aliphatic heterocycles. The third-order valence-corrected chi connectivity index (χ3v) is 5.19. The van der Waals surface area contributed by atoms with Crippen LogP contribution in [0.1, 0.15) is 71.9 Å². The van der Waals surface area contributed by atoms with Crippen molar-refractivity contribution in [3.8, 4) is 11.5 Å². The van der Waals surface area contributed by atoms with Gasteiger partial charge in [0.1, 0.15) is 29.2 Å². The van der Waals surface area contributed by atoms with Crippen LogP contribution in [0.2, 0.25) is 0 Å². The number of unbranched alkanes of at least 4 members (excludes halogenated alkanes) is 2. The van der Waals surface area contributed by atoms with E-state index in [0.717, 1.165) is 60.4 Å². The van der Waals surface area contributed by atoms with Crippen LogP contribution in [0.25, 0.3) is 0 Å². The molecule has 1 aromatic carbocycles. The molecule has 0 aromatic heterocycles. The standard InChI is InChI=1S/C24H37Cl2NO3/c1-7-19-16-21(28-15-12-22(25)26)17-20(8-2)23(19)29-13-10-9-11-14-30-27-18(3)24(4,5)6/h12,16-17H,7-11,13-15H2,1-6H3/b27-18+. The molecule has 0 spiro atoms. The second-order valence-electron chi connectivity index (χ2n) is 8.25. The third kappa shape index (κ3) is 10.1. The molecule has 0 aliphatic rings. The molecule has 0 fully saturated rings. The van der Waals surface area contributed by atoms with Gasteiger partial charge in [-0.2, -0.15) is 0 Å². The number of nitrogens with zero attached hydrogens (tertiary/aromatic N) is 1. The molecule has 0 unspecified atom stereocenters. The SMILES string of the molecule is CCc1cc(OCC=C(Cl)Cl)cc(CC)c1OCCCCCO/N=C(\C)C(C)(C)C. The molecule has 6 heteroatoms. The zero-order valence-electron chi connectivity index (χ0n) is 19.3. The number of hydrogen-bond acceptors (Lipinski definition) is 4. The lowest BCUT2D eigenvalue weighted by atomic mass is 9.91. The molecule has 0 bridgehead atoms. The Balaban J connectivity index is 2.50. The van der Waals surface area contributed by atoms with Gasteiger partial charge in [0, 0.05) is 5.41 Å². The van der Waals surface area contributed by atoms with Crippen LogP contribution in [0.15, 0.2) is 27.9 Å². The highest BCUT2D eigenvalue weighted by atomic mass is 35.5. The predicted octanol–water partition coefficient (Wildman–Crippen LogP) is 7.50. The first-order chi connectivity index (χ1) is 14.2. The van der Waals surface area contributed by atoms with Crippen molar-refractivity contribution in [1.82, 2.24) is 0 Å². The van der Waals surface area contributed by atoms with E-state index in [4.69, 9.17) is 37.5 Å². The molecule has 4 nitrogen and oxygen atoms in total. The van der Waals surface area contributed by atoms with E-state index in [1.54, 1.807) is 6.08 Å². The molecule has 0 aliphatic carbocycles. The highest BCUT2D eigenvalue weighted by molar-refractivity contribution is 6.55. The van der Waals surface area contributed by atoms with E-state index in [9.17, 15) is 0 Å². The minimum absolute atomic E-state index is 0.0518. The summed E-state index contributed by atoms with van der Waals surface area (Å²) >= 11 is 11.3. The lowest BCUT2D eigenvalue weighted by Gasteiger charge is -2.17. The van der Waals surface area contributed by atoms with Crippen LogP contribution in [0, 0.1) is 5.41 Å². The summed E-state index contributed by atoms with van der Waals surface area (Å²) in [4.78, 5) is 5.43. The predicted molar refractivity (Wildman–Crippen MR) is 128 cm³/mol. The van der Waals surface area contributed by atoms with Gasteiger partial charge in [0.2, 0.25) is 0 Å². The summed E-state index contributed by atoms with van der Waals surface area (Å²) in [5.41, 5.74) is 3.37. The Hall–Kier alpha value is -1.39. The molecule has 0 heterocycles. The van der Waals surface area contributed by atoms with Crippen LogP contribution < -0.4 is 9.47 Å². The average molecular weight is 458 g/mol. The van der Waals surface area contributed by atoms with Crippen molar-refractivity contribution < 1.29 is 14.3 Å². The van der Waals surface area contributed by atoms with Crippen LogP contribution in [0.3, 0.4) is 0 Å². The summed E-state index contributed by atoms with van der Waals surface area (Å²) < 4.78 is 12.1. The Morgan fingerprint density at radius 1 is 0.967 bits per heavy atom. The number of ether oxygens (including phenoxy) is 2. The molecule has 0 N–H and O–H groups in total. The molecule has 1 aromatic rings. The summed E-state index contributed by atoms with van der Waals surface area (Å²) in [6, 6.07) is 4.07. The van der Waals surface area contributed by atoms with Gasteiger partial charge in [0.05, 0.1) is 12.3 Å². The van der Waals surface area contributed by atoms with E-state index in [1.165, 1.54) is 0 Å². The number of rotatable bonds is 13. The number of halogens is 2. The molecule has 170 valence electrons. The van der Waals surface area contributed by atoms with Crippen molar-refractivity contribution in [3.63, 3.8) is 0 Å². The first kappa shape index (κ1) is 26.6. The van der Waals surface area contributed by atoms with Crippen LogP contribution >= 0.6 is 23.2 Å². The minimum atomic E-state index is 0.0518. The normalized spacial score (nSPS) is 11.9. The Bertz CT molecular complexity index is 680. The van der Waals surface area contributed by atoms with Crippen molar-refractivity contribution in [2.75, 3.05) is 19.8 Å². The van der Waals surface area contributed by atoms with Crippen LogP contribution in [-0.2, 0) is 17.7 Å². The third-order valence-electron chi connectivity index (χ3n) is 4.88. The number of hydrogen-bond donors (Lipinski definition) is 0. The quantitative estimate of drug-likeness (QED) is 0.175. The van der Waals surface area contributed by atoms with Crippen molar-refractivity contribution in [2.45, 2.75) is 73.6 Å². The zero-order chi connectivity index (χ0) is 22.6. The van der Waals surface area contributed by atoms with Gasteiger partial charge in [0.15, 0.2) is 0 Å². The maximum absolute atomic E-state index is 6.16. The van der Waals surface area contributed by atoms with Gasteiger partial charge in [-0.05, 0) is 68.4 Å². The Labute approximate surface area is 192 Å². The van der Waals surface area contributed by atoms with E-state index in [0.29, 0.717) is 19.8 Å². The first-order valence-electron chi connectivity index (χ1n) is 10.8. The lowest BCUT2D eigenvalue weighted by molar-refractivity contribution is 0.135. The molecule has 0 radical (unpaired) electrons. The highest BCUT2D eigenvalue weighted by Crippen LogP contribution is 2.31. The molecule has 30 heavy (non-hydrogen) atoms. The van der Waals surface area contributed by atoms with Crippen molar-refractivity contribution in [3.05, 3.63) is 33.8 Å². The fraction of sp³-hybridized carbons (Fsp3) is 0.625. The molecule has 1 rings (SSSR count). The van der Waals surface area contributed by atoms with Crippen molar-refractivity contribution in [1.29, 1.82) is 0 Å². The van der Waals surface area contributed by atoms with Crippen LogP contribution in [0.5, 0.6) is 11.5 Å². The minimum Gasteiger partial charge on any atom is -0.493 e. The summed E-state index contributed by atoms with van der Waals surface area (Å²) in [7, 11) is 0. The average Bonchev–Trinajstić information content (AvgIpc) is 2.68. The second kappa shape index (κ2) is 13.8. The van der Waals surface area contributed by atoms with E-state index in [1.807, 2.05) is 19.1 Å². The summed E-state index contributed by atoms with van der Waals surface area (Å²) in [6.45, 7) is 14.3. The first-order valence-corrected chi connectivity index (χ1v) is 11.5. The van der Waals surface area contributed by atoms with E-state index in [2.05, 4.69) is 39.8 Å². The van der Waals surface area contributed by atoms with Crippen LogP contribution in [-0.4, -0.2) is 25.5 Å². The molecular weight excluding hydrogens is 421 g/mol. The Morgan fingerprint density at radius 2 is 1.57 bits per heavy atom. The maximum atomic E-state index is 6.16. The van der Waals surface area contributed by atoms with Gasteiger partial charge in [-0.1, -0.05) is 63.0 Å². The monoisotopic (exact) mass is 457 g/mol. The lowest BCUT2D eigenvalue weighted by Crippen LogP contribution is -2.17. The van der Waals surface area contributed by atoms with E-state index >= 15 is 0 Å². The maximum Gasteiger partial charge on any atom is 0.125 e. The van der Waals surface area contributed by atoms with Gasteiger partial charge in [-0.3, -0.25) is 0 Å². The molecule has 0 saturated carbocycles. The van der Waals surface area contributed by atoms with Gasteiger partial charge in [0.25, 0.3) is 0 Å². The molecule has 0 amide bonds. The Morgan fingerprint density at radius 3 is 2.10 bits per heavy atom. The zero-order valence-corrected chi connectivity index (χ0v) is 20.8. The van der Waals surface area contributed by atoms with Gasteiger partial charge < -0.3 is 14.3 Å². The van der Waals surface area contributed by atoms with Crippen molar-refractivity contribution in [2.24, 2.45) is 10.6 Å². The van der Waals surface area contributed by atoms with Crippen molar-refractivity contribution >= 4 is 28.9 Å². The van der Waals surface area contributed by atoms with Gasteiger partial charge >= 0.3 is 0 Å². The topological polar surface area (TPSA) is 40.0 Å². The van der Waals surface area contributed by atoms with E-state index < -0.39 is 0 Å². The highest BCUT2D eigenvalue weighted by Gasteiger charge is 2.14. The van der Waals surface area contributed by atoms with Crippen LogP contribution in [0.4, 0.5) is 0 Å². The second-order valence-corrected chi connectivity index (χ2v) is 9.26. The molecule has 0 atom stereocenters.